The van der Waals surface area contributed by atoms with E-state index in [0.717, 1.165) is 69.9 Å². The summed E-state index contributed by atoms with van der Waals surface area (Å²) in [5, 5.41) is 3.61. The molecule has 1 N–H and O–H groups in total. The topological polar surface area (TPSA) is 18.5 Å². The van der Waals surface area contributed by atoms with Gasteiger partial charge in [-0.15, -0.1) is 0 Å². The van der Waals surface area contributed by atoms with Crippen molar-refractivity contribution in [1.29, 1.82) is 0 Å². The summed E-state index contributed by atoms with van der Waals surface area (Å²) in [5.41, 5.74) is 22.0. The molecule has 3 heteroatoms. The highest BCUT2D eigenvalue weighted by molar-refractivity contribution is 5.64. The fourth-order valence-electron chi connectivity index (χ4n) is 11.3. The second-order valence-electron chi connectivity index (χ2n) is 20.4. The lowest BCUT2D eigenvalue weighted by Gasteiger charge is -2.37. The van der Waals surface area contributed by atoms with Gasteiger partial charge in [0.2, 0.25) is 0 Å². The van der Waals surface area contributed by atoms with Crippen molar-refractivity contribution in [2.24, 2.45) is 0 Å². The number of nitrogens with one attached hydrogen (secondary N) is 1. The van der Waals surface area contributed by atoms with Gasteiger partial charge in [0.05, 0.1) is 0 Å². The molecule has 0 radical (unpaired) electrons. The number of rotatable bonds is 21. The average Bonchev–Trinajstić information content (AvgIpc) is 3.37. The van der Waals surface area contributed by atoms with Gasteiger partial charge < -0.3 is 15.1 Å². The SMILES string of the molecule is CCC(C)(CC)c1ccc(N(C2=CC=C(CCCCCCCCC3=CC4=C(CC3)CC4)CC2)C2=CC=C(N(C3=CC=C(C4=CC=C(Nc5ccccc5)CC4)CC3)c3ccccc3)CC2)cc1. The Labute approximate surface area is 404 Å². The quantitative estimate of drug-likeness (QED) is 0.108. The molecule has 0 aliphatic heterocycles. The van der Waals surface area contributed by atoms with Crippen LogP contribution in [0.15, 0.2) is 202 Å². The van der Waals surface area contributed by atoms with E-state index in [2.05, 4.69) is 176 Å². The van der Waals surface area contributed by atoms with Crippen LogP contribution < -0.4 is 15.1 Å². The number of para-hydroxylation sites is 2. The lowest BCUT2D eigenvalue weighted by Crippen LogP contribution is -2.28. The third kappa shape index (κ3) is 11.6. The first-order valence-electron chi connectivity index (χ1n) is 26.5. The van der Waals surface area contributed by atoms with Crippen molar-refractivity contribution < 1.29 is 0 Å². The maximum absolute atomic E-state index is 3.61. The minimum atomic E-state index is 0.205. The second-order valence-corrected chi connectivity index (χ2v) is 20.4. The third-order valence-electron chi connectivity index (χ3n) is 16.2. The summed E-state index contributed by atoms with van der Waals surface area (Å²) in [4.78, 5) is 5.17. The van der Waals surface area contributed by atoms with Crippen LogP contribution >= 0.6 is 0 Å². The van der Waals surface area contributed by atoms with Crippen molar-refractivity contribution >= 4 is 17.1 Å². The summed E-state index contributed by atoms with van der Waals surface area (Å²) in [6.07, 6.45) is 48.7. The number of allylic oxidation sites excluding steroid dienone is 20. The zero-order chi connectivity index (χ0) is 45.8. The van der Waals surface area contributed by atoms with Crippen LogP contribution in [0.1, 0.15) is 168 Å². The Bertz CT molecular complexity index is 2510. The molecule has 0 fully saturated rings. The first kappa shape index (κ1) is 46.6. The number of benzene rings is 3. The number of hydrogen-bond acceptors (Lipinski definition) is 3. The fourth-order valence-corrected chi connectivity index (χ4v) is 11.3. The van der Waals surface area contributed by atoms with E-state index in [9.17, 15) is 0 Å². The maximum Gasteiger partial charge on any atom is 0.0455 e. The van der Waals surface area contributed by atoms with Gasteiger partial charge in [-0.05, 0) is 210 Å². The van der Waals surface area contributed by atoms with Gasteiger partial charge in [0.15, 0.2) is 0 Å². The highest BCUT2D eigenvalue weighted by atomic mass is 15.2. The molecule has 9 rings (SSSR count). The highest BCUT2D eigenvalue weighted by Crippen LogP contribution is 2.42. The molecule has 0 unspecified atom stereocenters. The van der Waals surface area contributed by atoms with Crippen molar-refractivity contribution in [3.63, 3.8) is 0 Å². The van der Waals surface area contributed by atoms with Crippen LogP contribution in [0, 0.1) is 0 Å². The summed E-state index contributed by atoms with van der Waals surface area (Å²) < 4.78 is 0. The van der Waals surface area contributed by atoms with Crippen LogP contribution in [0.5, 0.6) is 0 Å². The molecular formula is C64H77N3. The van der Waals surface area contributed by atoms with Gasteiger partial charge in [0.25, 0.3) is 0 Å². The maximum atomic E-state index is 3.61. The zero-order valence-electron chi connectivity index (χ0n) is 41.2. The lowest BCUT2D eigenvalue weighted by atomic mass is 9.78. The van der Waals surface area contributed by atoms with Gasteiger partial charge in [-0.25, -0.2) is 0 Å². The molecule has 0 aromatic heterocycles. The average molecular weight is 888 g/mol. The summed E-state index contributed by atoms with van der Waals surface area (Å²) >= 11 is 0. The van der Waals surface area contributed by atoms with Gasteiger partial charge in [-0.2, -0.15) is 0 Å². The monoisotopic (exact) mass is 888 g/mol. The molecule has 0 heterocycles. The van der Waals surface area contributed by atoms with Crippen LogP contribution in [0.25, 0.3) is 0 Å². The summed E-state index contributed by atoms with van der Waals surface area (Å²) in [7, 11) is 0. The standard InChI is InChI=1S/C64H77N3/c1-4-64(3,5-2)55-34-42-61(43-35-55)67(59-38-25-49(26-39-59)18-12-8-6-7-9-13-19-50-24-27-53-28-29-54(53)48-50)63-46-44-62(45-47-63)66(58-22-16-11-17-23-58)60-40-32-52(33-41-60)51-30-36-57(37-31-51)65-56-20-14-10-15-21-56/h10-11,14-17,20-23,25,30,32,34-36,38,40,42-44,46,48,65H,4-9,12-13,18-19,24,26-29,31,33,37,39,41,45,47H2,1-3H3. The molecule has 3 aromatic rings. The molecule has 0 saturated heterocycles. The van der Waals surface area contributed by atoms with Gasteiger partial charge in [-0.3, -0.25) is 0 Å². The Morgan fingerprint density at radius 1 is 0.448 bits per heavy atom. The van der Waals surface area contributed by atoms with E-state index in [1.807, 2.05) is 0 Å². The molecule has 348 valence electrons. The van der Waals surface area contributed by atoms with Crippen molar-refractivity contribution in [2.45, 2.75) is 167 Å². The van der Waals surface area contributed by atoms with Gasteiger partial charge in [0, 0.05) is 45.5 Å². The second kappa shape index (κ2) is 22.5. The van der Waals surface area contributed by atoms with Crippen LogP contribution in [0.4, 0.5) is 17.1 Å². The normalized spacial score (nSPS) is 18.4. The molecule has 3 aromatic carbocycles. The van der Waals surface area contributed by atoms with Crippen LogP contribution in [-0.2, 0) is 5.41 Å². The van der Waals surface area contributed by atoms with E-state index in [0.29, 0.717) is 0 Å². The van der Waals surface area contributed by atoms with Gasteiger partial charge >= 0.3 is 0 Å². The highest BCUT2D eigenvalue weighted by Gasteiger charge is 2.27. The summed E-state index contributed by atoms with van der Waals surface area (Å²) in [5.74, 6) is 0. The summed E-state index contributed by atoms with van der Waals surface area (Å²) in [6, 6.07) is 31.2. The van der Waals surface area contributed by atoms with E-state index in [1.54, 1.807) is 22.3 Å². The van der Waals surface area contributed by atoms with E-state index >= 15 is 0 Å². The number of anilines is 3. The largest absolute Gasteiger partial charge is 0.359 e. The zero-order valence-corrected chi connectivity index (χ0v) is 41.2. The minimum absolute atomic E-state index is 0.205. The Hall–Kier alpha value is -5.54. The van der Waals surface area contributed by atoms with Crippen molar-refractivity contribution in [1.82, 2.24) is 0 Å². The van der Waals surface area contributed by atoms with Crippen LogP contribution in [0.3, 0.4) is 0 Å². The number of unbranched alkanes of at least 4 members (excludes halogenated alkanes) is 5. The van der Waals surface area contributed by atoms with E-state index in [-0.39, 0.29) is 5.41 Å². The molecule has 0 atom stereocenters. The van der Waals surface area contributed by atoms with Crippen molar-refractivity contribution in [2.75, 3.05) is 15.1 Å². The van der Waals surface area contributed by atoms with E-state index < -0.39 is 0 Å². The van der Waals surface area contributed by atoms with Crippen molar-refractivity contribution in [3.8, 4) is 0 Å². The minimum Gasteiger partial charge on any atom is -0.359 e. The van der Waals surface area contributed by atoms with Crippen LogP contribution in [0.2, 0.25) is 0 Å². The molecule has 0 spiro atoms. The Kier molecular flexibility index (Phi) is 15.6. The fraction of sp³-hybridized carbons (Fsp3) is 0.406. The summed E-state index contributed by atoms with van der Waals surface area (Å²) in [6.45, 7) is 7.09. The molecule has 0 amide bonds. The molecule has 0 bridgehead atoms. The van der Waals surface area contributed by atoms with Gasteiger partial charge in [-0.1, -0.05) is 136 Å². The van der Waals surface area contributed by atoms with Crippen molar-refractivity contribution in [3.05, 3.63) is 207 Å². The predicted molar refractivity (Wildman–Crippen MR) is 288 cm³/mol. The first-order valence-corrected chi connectivity index (χ1v) is 26.5. The first-order chi connectivity index (χ1) is 33.0. The number of hydrogen-bond donors (Lipinski definition) is 1. The van der Waals surface area contributed by atoms with Gasteiger partial charge in [0.1, 0.15) is 0 Å². The Balaban J connectivity index is 0.882. The molecule has 67 heavy (non-hydrogen) atoms. The van der Waals surface area contributed by atoms with E-state index in [1.165, 1.54) is 134 Å². The third-order valence-corrected chi connectivity index (χ3v) is 16.2. The Morgan fingerprint density at radius 3 is 1.48 bits per heavy atom. The lowest BCUT2D eigenvalue weighted by molar-refractivity contribution is 0.439. The molecule has 6 aliphatic rings. The molecular weight excluding hydrogens is 811 g/mol. The number of nitrogens with zero attached hydrogens (tertiary/aromatic N) is 2. The molecule has 6 aliphatic carbocycles. The predicted octanol–water partition coefficient (Wildman–Crippen LogP) is 18.5. The molecule has 0 saturated carbocycles. The van der Waals surface area contributed by atoms with E-state index in [4.69, 9.17) is 0 Å². The smallest absolute Gasteiger partial charge is 0.0455 e. The molecule has 3 nitrogen and oxygen atoms in total. The van der Waals surface area contributed by atoms with Crippen LogP contribution in [-0.4, -0.2) is 0 Å². The Morgan fingerprint density at radius 2 is 0.955 bits per heavy atom.